The van der Waals surface area contributed by atoms with Crippen LogP contribution in [-0.4, -0.2) is 27.5 Å². The van der Waals surface area contributed by atoms with Gasteiger partial charge >= 0.3 is 0 Å². The van der Waals surface area contributed by atoms with Gasteiger partial charge in [-0.1, -0.05) is 81.4 Å². The molecule has 0 aliphatic carbocycles. The zero-order valence-corrected chi connectivity index (χ0v) is 18.1. The van der Waals surface area contributed by atoms with E-state index in [2.05, 4.69) is 74.2 Å². The van der Waals surface area contributed by atoms with Gasteiger partial charge in [-0.15, -0.1) is 0 Å². The molecular formula is C25H29N3O2. The van der Waals surface area contributed by atoms with E-state index in [0.29, 0.717) is 43.1 Å². The summed E-state index contributed by atoms with van der Waals surface area (Å²) >= 11 is 0. The second-order valence-electron chi connectivity index (χ2n) is 8.80. The molecule has 5 nitrogen and oxygen atoms in total. The number of nitrogens with zero attached hydrogens (tertiary/aromatic N) is 3. The van der Waals surface area contributed by atoms with E-state index < -0.39 is 0 Å². The number of benzene rings is 2. The number of rotatable bonds is 6. The van der Waals surface area contributed by atoms with Crippen molar-refractivity contribution >= 4 is 5.91 Å². The normalized spacial score (nSPS) is 16.8. The minimum Gasteiger partial charge on any atom is -0.339 e. The van der Waals surface area contributed by atoms with E-state index in [1.54, 1.807) is 0 Å². The fourth-order valence-corrected chi connectivity index (χ4v) is 3.85. The van der Waals surface area contributed by atoms with Crippen molar-refractivity contribution in [3.05, 3.63) is 71.1 Å². The lowest BCUT2D eigenvalue weighted by Gasteiger charge is -2.16. The van der Waals surface area contributed by atoms with Crippen LogP contribution < -0.4 is 0 Å². The number of hydrogen-bond donors (Lipinski definition) is 0. The number of aromatic nitrogens is 2. The quantitative estimate of drug-likeness (QED) is 0.545. The summed E-state index contributed by atoms with van der Waals surface area (Å²) in [5, 5.41) is 4.15. The lowest BCUT2D eigenvalue weighted by Crippen LogP contribution is -2.24. The molecule has 1 atom stereocenters. The van der Waals surface area contributed by atoms with Crippen molar-refractivity contribution < 1.29 is 9.32 Å². The summed E-state index contributed by atoms with van der Waals surface area (Å²) in [6.07, 6.45) is 0.415. The van der Waals surface area contributed by atoms with Gasteiger partial charge in [0.25, 0.3) is 0 Å². The zero-order valence-electron chi connectivity index (χ0n) is 18.1. The topological polar surface area (TPSA) is 59.2 Å². The molecule has 1 unspecified atom stereocenters. The van der Waals surface area contributed by atoms with E-state index in [-0.39, 0.29) is 11.8 Å². The molecule has 1 fully saturated rings. The smallest absolute Gasteiger partial charge is 0.232 e. The lowest BCUT2D eigenvalue weighted by atomic mass is 10.0. The Morgan fingerprint density at radius 2 is 1.57 bits per heavy atom. The number of amides is 1. The number of likely N-dealkylation sites (tertiary alicyclic amines) is 1. The molecular weight excluding hydrogens is 374 g/mol. The molecule has 4 rings (SSSR count). The molecule has 0 bridgehead atoms. The molecule has 156 valence electrons. The van der Waals surface area contributed by atoms with Gasteiger partial charge in [0.1, 0.15) is 0 Å². The second-order valence-corrected chi connectivity index (χ2v) is 8.80. The number of carbonyl (C=O) groups is 1. The van der Waals surface area contributed by atoms with Crippen molar-refractivity contribution in [3.8, 4) is 11.4 Å². The van der Waals surface area contributed by atoms with E-state index in [4.69, 9.17) is 4.52 Å². The highest BCUT2D eigenvalue weighted by Gasteiger charge is 2.34. The minimum atomic E-state index is -0.0522. The van der Waals surface area contributed by atoms with Gasteiger partial charge in [0.2, 0.25) is 17.6 Å². The molecule has 1 amide bonds. The third-order valence-corrected chi connectivity index (χ3v) is 5.86. The first-order valence-corrected chi connectivity index (χ1v) is 10.7. The summed E-state index contributed by atoms with van der Waals surface area (Å²) in [5.41, 5.74) is 4.66. The Hall–Kier alpha value is -2.95. The third-order valence-electron chi connectivity index (χ3n) is 5.86. The van der Waals surface area contributed by atoms with Crippen molar-refractivity contribution in [2.75, 3.05) is 6.54 Å². The Kier molecular flexibility index (Phi) is 5.71. The van der Waals surface area contributed by atoms with Gasteiger partial charge in [0, 0.05) is 25.1 Å². The van der Waals surface area contributed by atoms with Crippen LogP contribution in [-0.2, 0) is 11.3 Å². The first kappa shape index (κ1) is 20.3. The third kappa shape index (κ3) is 4.30. The van der Waals surface area contributed by atoms with Gasteiger partial charge in [-0.3, -0.25) is 4.79 Å². The Morgan fingerprint density at radius 1 is 0.967 bits per heavy atom. The van der Waals surface area contributed by atoms with Gasteiger partial charge < -0.3 is 9.42 Å². The Labute approximate surface area is 178 Å². The Morgan fingerprint density at radius 3 is 2.17 bits per heavy atom. The van der Waals surface area contributed by atoms with Crippen LogP contribution in [0.2, 0.25) is 0 Å². The highest BCUT2D eigenvalue weighted by Crippen LogP contribution is 2.30. The largest absolute Gasteiger partial charge is 0.339 e. The molecule has 2 aromatic carbocycles. The average molecular weight is 404 g/mol. The molecule has 2 heterocycles. The van der Waals surface area contributed by atoms with Crippen LogP contribution in [0.3, 0.4) is 0 Å². The average Bonchev–Trinajstić information content (AvgIpc) is 3.36. The van der Waals surface area contributed by atoms with E-state index in [9.17, 15) is 4.79 Å². The van der Waals surface area contributed by atoms with Crippen LogP contribution in [0.4, 0.5) is 0 Å². The molecule has 3 aromatic rings. The first-order chi connectivity index (χ1) is 14.4. The first-order valence-electron chi connectivity index (χ1n) is 10.7. The summed E-state index contributed by atoms with van der Waals surface area (Å²) in [6.45, 7) is 9.93. The van der Waals surface area contributed by atoms with Gasteiger partial charge in [-0.25, -0.2) is 0 Å². The molecule has 1 aliphatic heterocycles. The van der Waals surface area contributed by atoms with Crippen molar-refractivity contribution in [2.45, 2.75) is 58.4 Å². The van der Waals surface area contributed by atoms with Crippen molar-refractivity contribution in [3.63, 3.8) is 0 Å². The van der Waals surface area contributed by atoms with Gasteiger partial charge in [-0.05, 0) is 28.5 Å². The predicted octanol–water partition coefficient (Wildman–Crippen LogP) is 5.50. The maximum absolute atomic E-state index is 12.6. The molecule has 0 N–H and O–H groups in total. The molecule has 1 aromatic heterocycles. The zero-order chi connectivity index (χ0) is 21.3. The van der Waals surface area contributed by atoms with Crippen LogP contribution in [0.5, 0.6) is 0 Å². The fraction of sp³-hybridized carbons (Fsp3) is 0.400. The van der Waals surface area contributed by atoms with Crippen LogP contribution in [0.25, 0.3) is 11.4 Å². The van der Waals surface area contributed by atoms with Crippen LogP contribution in [0.1, 0.15) is 74.5 Å². The van der Waals surface area contributed by atoms with E-state index in [0.717, 1.165) is 11.1 Å². The van der Waals surface area contributed by atoms with E-state index >= 15 is 0 Å². The number of carbonyl (C=O) groups excluding carboxylic acids is 1. The fourth-order valence-electron chi connectivity index (χ4n) is 3.85. The Balaban J connectivity index is 1.43. The summed E-state index contributed by atoms with van der Waals surface area (Å²) in [6, 6.07) is 16.8. The number of hydrogen-bond acceptors (Lipinski definition) is 4. The molecule has 0 saturated carbocycles. The van der Waals surface area contributed by atoms with Gasteiger partial charge in [-0.2, -0.15) is 4.98 Å². The monoisotopic (exact) mass is 403 g/mol. The maximum atomic E-state index is 12.6. The standard InChI is InChI=1S/C25H29N3O2/c1-16(2)19-7-5-18(6-8-19)14-28-15-22(13-23(28)29)25-26-24(27-30-25)21-11-9-20(10-12-21)17(3)4/h5-12,16-17,22H,13-15H2,1-4H3. The summed E-state index contributed by atoms with van der Waals surface area (Å²) in [4.78, 5) is 19.0. The summed E-state index contributed by atoms with van der Waals surface area (Å²) in [5.74, 6) is 2.19. The van der Waals surface area contributed by atoms with Crippen molar-refractivity contribution in [1.29, 1.82) is 0 Å². The predicted molar refractivity (Wildman–Crippen MR) is 117 cm³/mol. The van der Waals surface area contributed by atoms with Gasteiger partial charge in [0.05, 0.1) is 5.92 Å². The van der Waals surface area contributed by atoms with Gasteiger partial charge in [0.15, 0.2) is 0 Å². The van der Waals surface area contributed by atoms with Crippen LogP contribution >= 0.6 is 0 Å². The lowest BCUT2D eigenvalue weighted by molar-refractivity contribution is -0.128. The Bertz CT molecular complexity index is 1000. The molecule has 30 heavy (non-hydrogen) atoms. The van der Waals surface area contributed by atoms with E-state index in [1.807, 2.05) is 17.0 Å². The molecule has 0 spiro atoms. The second kappa shape index (κ2) is 8.42. The minimum absolute atomic E-state index is 0.0522. The molecule has 1 aliphatic rings. The molecule has 1 saturated heterocycles. The van der Waals surface area contributed by atoms with E-state index in [1.165, 1.54) is 11.1 Å². The SMILES string of the molecule is CC(C)c1ccc(CN2CC(c3nc(-c4ccc(C(C)C)cc4)no3)CC2=O)cc1. The van der Waals surface area contributed by atoms with Crippen molar-refractivity contribution in [2.24, 2.45) is 0 Å². The highest BCUT2D eigenvalue weighted by molar-refractivity contribution is 5.79. The van der Waals surface area contributed by atoms with Crippen LogP contribution in [0.15, 0.2) is 53.1 Å². The molecule has 5 heteroatoms. The summed E-state index contributed by atoms with van der Waals surface area (Å²) in [7, 11) is 0. The maximum Gasteiger partial charge on any atom is 0.232 e. The van der Waals surface area contributed by atoms with Crippen molar-refractivity contribution in [1.82, 2.24) is 15.0 Å². The highest BCUT2D eigenvalue weighted by atomic mass is 16.5. The molecule has 0 radical (unpaired) electrons. The van der Waals surface area contributed by atoms with Crippen LogP contribution in [0, 0.1) is 0 Å². The summed E-state index contributed by atoms with van der Waals surface area (Å²) < 4.78 is 5.53.